The van der Waals surface area contributed by atoms with Crippen LogP contribution in [0.1, 0.15) is 6.42 Å². The highest BCUT2D eigenvalue weighted by atomic mass is 35.5. The molecule has 17 heavy (non-hydrogen) atoms. The Morgan fingerprint density at radius 3 is 2.65 bits per heavy atom. The average Bonchev–Trinajstić information content (AvgIpc) is 2.24. The standard InChI is InChI=1S/C10H13Cl2NO2S2/c1-16-6-2-5-13-17(14,15)10-4-3-8(11)7-9(10)12/h3-4,7,13H,2,5-6H2,1H3. The van der Waals surface area contributed by atoms with E-state index in [4.69, 9.17) is 23.2 Å². The molecule has 0 unspecified atom stereocenters. The number of benzene rings is 1. The van der Waals surface area contributed by atoms with E-state index in [-0.39, 0.29) is 9.92 Å². The minimum Gasteiger partial charge on any atom is -0.211 e. The summed E-state index contributed by atoms with van der Waals surface area (Å²) in [6, 6.07) is 4.32. The van der Waals surface area contributed by atoms with E-state index in [9.17, 15) is 8.42 Å². The summed E-state index contributed by atoms with van der Waals surface area (Å²) in [7, 11) is -3.54. The third kappa shape index (κ3) is 4.67. The Bertz CT molecular complexity index is 477. The molecule has 0 atom stereocenters. The van der Waals surface area contributed by atoms with Crippen molar-refractivity contribution in [3.05, 3.63) is 28.2 Å². The second-order valence-corrected chi connectivity index (χ2v) is 6.88. The molecule has 0 saturated carbocycles. The number of halogens is 2. The quantitative estimate of drug-likeness (QED) is 0.821. The van der Waals surface area contributed by atoms with Crippen LogP contribution in [0.3, 0.4) is 0 Å². The fourth-order valence-corrected chi connectivity index (χ4v) is 3.47. The lowest BCUT2D eigenvalue weighted by Gasteiger charge is -2.08. The van der Waals surface area contributed by atoms with Crippen LogP contribution in [0, 0.1) is 0 Å². The molecule has 96 valence electrons. The zero-order valence-electron chi connectivity index (χ0n) is 9.24. The molecule has 0 fully saturated rings. The Kier molecular flexibility index (Phi) is 6.09. The van der Waals surface area contributed by atoms with Gasteiger partial charge in [-0.1, -0.05) is 23.2 Å². The zero-order valence-corrected chi connectivity index (χ0v) is 12.4. The molecule has 0 heterocycles. The Balaban J connectivity index is 2.76. The summed E-state index contributed by atoms with van der Waals surface area (Å²) >= 11 is 13.2. The molecule has 1 N–H and O–H groups in total. The smallest absolute Gasteiger partial charge is 0.211 e. The lowest BCUT2D eigenvalue weighted by molar-refractivity contribution is 0.581. The molecule has 1 rings (SSSR count). The number of rotatable bonds is 6. The average molecular weight is 314 g/mol. The third-order valence-electron chi connectivity index (χ3n) is 2.00. The fraction of sp³-hybridized carbons (Fsp3) is 0.400. The Hall–Kier alpha value is 0.0600. The van der Waals surface area contributed by atoms with Crippen LogP contribution in [0.25, 0.3) is 0 Å². The van der Waals surface area contributed by atoms with Gasteiger partial charge in [0.15, 0.2) is 0 Å². The molecular formula is C10H13Cl2NO2S2. The van der Waals surface area contributed by atoms with Crippen molar-refractivity contribution in [3.8, 4) is 0 Å². The van der Waals surface area contributed by atoms with Gasteiger partial charge in [-0.15, -0.1) is 0 Å². The van der Waals surface area contributed by atoms with E-state index in [1.54, 1.807) is 11.8 Å². The predicted octanol–water partition coefficient (Wildman–Crippen LogP) is 3.02. The van der Waals surface area contributed by atoms with Gasteiger partial charge in [-0.25, -0.2) is 13.1 Å². The van der Waals surface area contributed by atoms with E-state index in [1.807, 2.05) is 6.26 Å². The van der Waals surface area contributed by atoms with Gasteiger partial charge in [0.05, 0.1) is 5.02 Å². The maximum Gasteiger partial charge on any atom is 0.242 e. The topological polar surface area (TPSA) is 46.2 Å². The first-order valence-corrected chi connectivity index (χ1v) is 8.54. The second kappa shape index (κ2) is 6.85. The molecule has 1 aromatic rings. The number of nitrogens with one attached hydrogen (secondary N) is 1. The van der Waals surface area contributed by atoms with Crippen LogP contribution >= 0.6 is 35.0 Å². The summed E-state index contributed by atoms with van der Waals surface area (Å²) in [6.07, 6.45) is 2.76. The van der Waals surface area contributed by atoms with E-state index in [0.717, 1.165) is 12.2 Å². The van der Waals surface area contributed by atoms with Crippen molar-refractivity contribution < 1.29 is 8.42 Å². The van der Waals surface area contributed by atoms with Crippen molar-refractivity contribution >= 4 is 45.0 Å². The molecule has 0 aliphatic heterocycles. The summed E-state index contributed by atoms with van der Waals surface area (Å²) in [5.41, 5.74) is 0. The van der Waals surface area contributed by atoms with Crippen molar-refractivity contribution in [2.75, 3.05) is 18.6 Å². The minimum absolute atomic E-state index is 0.0627. The first-order valence-electron chi connectivity index (χ1n) is 4.91. The molecule has 0 bridgehead atoms. The summed E-state index contributed by atoms with van der Waals surface area (Å²) in [5.74, 6) is 0.914. The third-order valence-corrected chi connectivity index (χ3v) is 4.88. The van der Waals surface area contributed by atoms with Gasteiger partial charge in [-0.05, 0) is 36.6 Å². The van der Waals surface area contributed by atoms with Gasteiger partial charge < -0.3 is 0 Å². The van der Waals surface area contributed by atoms with Gasteiger partial charge in [0.2, 0.25) is 10.0 Å². The van der Waals surface area contributed by atoms with Gasteiger partial charge in [0.1, 0.15) is 4.90 Å². The molecule has 1 aromatic carbocycles. The Morgan fingerprint density at radius 2 is 2.06 bits per heavy atom. The molecule has 0 radical (unpaired) electrons. The van der Waals surface area contributed by atoms with Gasteiger partial charge in [-0.2, -0.15) is 11.8 Å². The molecule has 0 aliphatic rings. The molecular weight excluding hydrogens is 301 g/mol. The Labute approximate surface area is 116 Å². The Morgan fingerprint density at radius 1 is 1.35 bits per heavy atom. The first kappa shape index (κ1) is 15.1. The van der Waals surface area contributed by atoms with Crippen molar-refractivity contribution in [1.29, 1.82) is 0 Å². The van der Waals surface area contributed by atoms with Crippen LogP contribution in [0.2, 0.25) is 10.0 Å². The normalized spacial score (nSPS) is 11.7. The molecule has 0 amide bonds. The lowest BCUT2D eigenvalue weighted by atomic mass is 10.4. The molecule has 0 aromatic heterocycles. The maximum absolute atomic E-state index is 11.9. The van der Waals surface area contributed by atoms with Crippen molar-refractivity contribution in [2.24, 2.45) is 0 Å². The minimum atomic E-state index is -3.54. The van der Waals surface area contributed by atoms with Crippen LogP contribution in [-0.2, 0) is 10.0 Å². The number of hydrogen-bond acceptors (Lipinski definition) is 3. The first-order chi connectivity index (χ1) is 7.97. The molecule has 0 aliphatic carbocycles. The van der Waals surface area contributed by atoms with E-state index in [2.05, 4.69) is 4.72 Å². The van der Waals surface area contributed by atoms with Gasteiger partial charge in [0, 0.05) is 11.6 Å². The van der Waals surface area contributed by atoms with E-state index < -0.39 is 10.0 Å². The predicted molar refractivity (Wildman–Crippen MR) is 74.6 cm³/mol. The van der Waals surface area contributed by atoms with Gasteiger partial charge in [0.25, 0.3) is 0 Å². The highest BCUT2D eigenvalue weighted by molar-refractivity contribution is 7.98. The summed E-state index contributed by atoms with van der Waals surface area (Å²) in [4.78, 5) is 0.0627. The van der Waals surface area contributed by atoms with Crippen molar-refractivity contribution in [1.82, 2.24) is 4.72 Å². The largest absolute Gasteiger partial charge is 0.242 e. The lowest BCUT2D eigenvalue weighted by Crippen LogP contribution is -2.25. The summed E-state index contributed by atoms with van der Waals surface area (Å²) in [6.45, 7) is 0.405. The van der Waals surface area contributed by atoms with Crippen LogP contribution in [0.5, 0.6) is 0 Å². The number of thioether (sulfide) groups is 1. The van der Waals surface area contributed by atoms with Crippen molar-refractivity contribution in [2.45, 2.75) is 11.3 Å². The molecule has 7 heteroatoms. The van der Waals surface area contributed by atoms with Crippen LogP contribution in [-0.4, -0.2) is 27.0 Å². The summed E-state index contributed by atoms with van der Waals surface area (Å²) < 4.78 is 26.3. The molecule has 0 saturated heterocycles. The van der Waals surface area contributed by atoms with Crippen molar-refractivity contribution in [3.63, 3.8) is 0 Å². The monoisotopic (exact) mass is 313 g/mol. The van der Waals surface area contributed by atoms with Crippen LogP contribution in [0.15, 0.2) is 23.1 Å². The van der Waals surface area contributed by atoms with Crippen LogP contribution in [0.4, 0.5) is 0 Å². The molecule has 0 spiro atoms. The van der Waals surface area contributed by atoms with E-state index >= 15 is 0 Å². The summed E-state index contributed by atoms with van der Waals surface area (Å²) in [5, 5.41) is 0.547. The highest BCUT2D eigenvalue weighted by Gasteiger charge is 2.17. The van der Waals surface area contributed by atoms with E-state index in [0.29, 0.717) is 11.6 Å². The number of hydrogen-bond donors (Lipinski definition) is 1. The maximum atomic E-state index is 11.9. The SMILES string of the molecule is CSCCCNS(=O)(=O)c1ccc(Cl)cc1Cl. The van der Waals surface area contributed by atoms with Crippen LogP contribution < -0.4 is 4.72 Å². The molecule has 3 nitrogen and oxygen atoms in total. The van der Waals surface area contributed by atoms with E-state index in [1.165, 1.54) is 18.2 Å². The van der Waals surface area contributed by atoms with Gasteiger partial charge >= 0.3 is 0 Å². The number of sulfonamides is 1. The zero-order chi connectivity index (χ0) is 12.9. The fourth-order valence-electron chi connectivity index (χ4n) is 1.19. The second-order valence-electron chi connectivity index (χ2n) is 3.32. The van der Waals surface area contributed by atoms with Gasteiger partial charge in [-0.3, -0.25) is 0 Å². The highest BCUT2D eigenvalue weighted by Crippen LogP contribution is 2.24.